The van der Waals surface area contributed by atoms with E-state index >= 15 is 0 Å². The number of hydrogen-bond acceptors (Lipinski definition) is 10. The van der Waals surface area contributed by atoms with E-state index < -0.39 is 35.7 Å². The molecule has 3 fully saturated rings. The fourth-order valence-corrected chi connectivity index (χ4v) is 4.70. The van der Waals surface area contributed by atoms with Crippen molar-refractivity contribution in [2.75, 3.05) is 12.3 Å². The maximum atomic E-state index is 12.1. The van der Waals surface area contributed by atoms with Crippen molar-refractivity contribution in [2.24, 2.45) is 5.92 Å². The highest BCUT2D eigenvalue weighted by Gasteiger charge is 2.91. The number of nitrogen functional groups attached to an aromatic ring is 1. The molecule has 0 spiro atoms. The number of carbonyl (C=O) groups excluding carboxylic acids is 1. The molecule has 0 bridgehead atoms. The molecule has 3 heterocycles. The second kappa shape index (κ2) is 6.53. The number of fused-ring (bicyclic) bond motifs is 2. The first-order valence-corrected chi connectivity index (χ1v) is 9.83. The van der Waals surface area contributed by atoms with Crippen molar-refractivity contribution in [1.29, 1.82) is 5.26 Å². The van der Waals surface area contributed by atoms with Crippen LogP contribution in [0, 0.1) is 17.2 Å². The number of nitrogens with two attached hydrogens (primary N) is 1. The number of ether oxygens (including phenoxy) is 3. The number of aliphatic hydroxyl groups excluding tert-OH is 1. The molecular weight excluding hydrogens is 394 g/mol. The highest BCUT2D eigenvalue weighted by molar-refractivity contribution is 5.66. The maximum Gasteiger partial charge on any atom is 0.508 e. The van der Waals surface area contributed by atoms with Crippen molar-refractivity contribution in [2.45, 2.75) is 55.2 Å². The molecule has 1 aliphatic heterocycles. The number of rotatable bonds is 4. The van der Waals surface area contributed by atoms with Crippen molar-refractivity contribution in [3.05, 3.63) is 24.2 Å². The van der Waals surface area contributed by atoms with E-state index in [1.807, 2.05) is 6.07 Å². The van der Waals surface area contributed by atoms with Gasteiger partial charge in [-0.1, -0.05) is 12.8 Å². The van der Waals surface area contributed by atoms with Crippen molar-refractivity contribution in [3.8, 4) is 6.07 Å². The first-order valence-electron chi connectivity index (χ1n) is 9.83. The van der Waals surface area contributed by atoms with E-state index in [-0.39, 0.29) is 12.4 Å². The quantitative estimate of drug-likeness (QED) is 0.597. The van der Waals surface area contributed by atoms with Crippen LogP contribution in [0.15, 0.2) is 18.5 Å². The smallest absolute Gasteiger partial charge is 0.434 e. The van der Waals surface area contributed by atoms with Gasteiger partial charge in [0.1, 0.15) is 30.1 Å². The fourth-order valence-electron chi connectivity index (χ4n) is 4.70. The van der Waals surface area contributed by atoms with Gasteiger partial charge in [-0.2, -0.15) is 10.4 Å². The molecule has 30 heavy (non-hydrogen) atoms. The summed E-state index contributed by atoms with van der Waals surface area (Å²) in [5.74, 6) is 0.529. The van der Waals surface area contributed by atoms with Crippen LogP contribution in [0.25, 0.3) is 5.52 Å². The van der Waals surface area contributed by atoms with Gasteiger partial charge >= 0.3 is 6.16 Å². The van der Waals surface area contributed by atoms with Gasteiger partial charge in [-0.3, -0.25) is 0 Å². The second-order valence-corrected chi connectivity index (χ2v) is 8.07. The van der Waals surface area contributed by atoms with Crippen LogP contribution in [-0.2, 0) is 14.2 Å². The standard InChI is InChI=1S/C19H21N5O6/c20-8-18-16(29-17(26)28-7-10-3-1-2-4-10)19(18,27)14(25)13(30-18)11-5-6-12-15(21)22-9-23-24(11)12/h5-6,9-10,13-14,16,25,27H,1-4,7H2,(H2,21,22,23)/t13-,14-,16?,18+,19+/m0/s1. The number of aromatic nitrogens is 3. The maximum absolute atomic E-state index is 12.1. The Balaban J connectivity index is 1.33. The first-order chi connectivity index (χ1) is 14.4. The Morgan fingerprint density at radius 1 is 1.43 bits per heavy atom. The lowest BCUT2D eigenvalue weighted by Crippen LogP contribution is -2.36. The normalized spacial score (nSPS) is 35.2. The molecule has 0 amide bonds. The zero-order valence-electron chi connectivity index (χ0n) is 16.0. The van der Waals surface area contributed by atoms with Crippen molar-refractivity contribution in [3.63, 3.8) is 0 Å². The molecule has 0 radical (unpaired) electrons. The predicted molar refractivity (Wildman–Crippen MR) is 98.7 cm³/mol. The van der Waals surface area contributed by atoms with E-state index in [0.717, 1.165) is 25.7 Å². The van der Waals surface area contributed by atoms with Crippen molar-refractivity contribution >= 4 is 17.5 Å². The van der Waals surface area contributed by atoms with E-state index in [0.29, 0.717) is 17.1 Å². The van der Waals surface area contributed by atoms with Crippen LogP contribution in [0.3, 0.4) is 0 Å². The third kappa shape index (κ3) is 2.44. The van der Waals surface area contributed by atoms with Crippen molar-refractivity contribution < 1.29 is 29.2 Å². The van der Waals surface area contributed by atoms with Crippen LogP contribution >= 0.6 is 0 Å². The number of carbonyl (C=O) groups is 1. The minimum absolute atomic E-state index is 0.229. The second-order valence-electron chi connectivity index (χ2n) is 8.07. The van der Waals surface area contributed by atoms with Crippen LogP contribution in [0.1, 0.15) is 37.5 Å². The first kappa shape index (κ1) is 19.0. The Morgan fingerprint density at radius 2 is 2.20 bits per heavy atom. The summed E-state index contributed by atoms with van der Waals surface area (Å²) >= 11 is 0. The number of aliphatic hydroxyl groups is 2. The SMILES string of the molecule is N#C[C@]12O[C@@H](c3ccc4c(N)ncnn34)[C@H](O)[C@@]1(O)C2OC(=O)OCC1CCCC1. The highest BCUT2D eigenvalue weighted by Crippen LogP contribution is 2.64. The molecule has 4 N–H and O–H groups in total. The van der Waals surface area contributed by atoms with Gasteiger partial charge in [0.25, 0.3) is 0 Å². The summed E-state index contributed by atoms with van der Waals surface area (Å²) in [5, 5.41) is 35.5. The molecule has 2 aliphatic carbocycles. The summed E-state index contributed by atoms with van der Waals surface area (Å²) in [6.45, 7) is 0.229. The van der Waals surface area contributed by atoms with E-state index in [2.05, 4.69) is 10.1 Å². The number of hydrogen-bond donors (Lipinski definition) is 3. The van der Waals surface area contributed by atoms with Crippen LogP contribution in [-0.4, -0.2) is 61.0 Å². The summed E-state index contributed by atoms with van der Waals surface area (Å²) in [6.07, 6.45) is 0.463. The van der Waals surface area contributed by atoms with Gasteiger partial charge in [0.05, 0.1) is 12.3 Å². The molecule has 3 aliphatic rings. The molecule has 5 rings (SSSR count). The Hall–Kier alpha value is -2.94. The summed E-state index contributed by atoms with van der Waals surface area (Å²) in [6, 6.07) is 5.11. The van der Waals surface area contributed by atoms with Crippen LogP contribution < -0.4 is 5.73 Å². The van der Waals surface area contributed by atoms with E-state index in [4.69, 9.17) is 19.9 Å². The number of nitrogens with zero attached hydrogens (tertiary/aromatic N) is 4. The van der Waals surface area contributed by atoms with E-state index in [9.17, 15) is 20.3 Å². The molecular formula is C19H21N5O6. The summed E-state index contributed by atoms with van der Waals surface area (Å²) in [4.78, 5) is 16.0. The topological polar surface area (TPSA) is 165 Å². The molecule has 2 saturated carbocycles. The van der Waals surface area contributed by atoms with Crippen LogP contribution in [0.2, 0.25) is 0 Å². The lowest BCUT2D eigenvalue weighted by molar-refractivity contribution is -0.0870. The molecule has 2 aromatic rings. The van der Waals surface area contributed by atoms with Gasteiger partial charge in [-0.05, 0) is 30.9 Å². The monoisotopic (exact) mass is 415 g/mol. The van der Waals surface area contributed by atoms with Gasteiger partial charge in [-0.15, -0.1) is 0 Å². The average molecular weight is 415 g/mol. The zero-order chi connectivity index (χ0) is 21.1. The van der Waals surface area contributed by atoms with Crippen LogP contribution in [0.5, 0.6) is 0 Å². The largest absolute Gasteiger partial charge is 0.508 e. The minimum Gasteiger partial charge on any atom is -0.434 e. The Morgan fingerprint density at radius 3 is 2.90 bits per heavy atom. The molecule has 11 heteroatoms. The summed E-state index contributed by atoms with van der Waals surface area (Å²) in [5.41, 5.74) is 2.71. The van der Waals surface area contributed by atoms with Gasteiger partial charge in [0.2, 0.25) is 5.60 Å². The third-order valence-electron chi connectivity index (χ3n) is 6.43. The predicted octanol–water partition coefficient (Wildman–Crippen LogP) is 0.463. The van der Waals surface area contributed by atoms with E-state index in [1.165, 1.54) is 10.8 Å². The van der Waals surface area contributed by atoms with E-state index in [1.54, 1.807) is 12.1 Å². The Kier molecular flexibility index (Phi) is 4.15. The summed E-state index contributed by atoms with van der Waals surface area (Å²) < 4.78 is 17.5. The van der Waals surface area contributed by atoms with Gasteiger partial charge < -0.3 is 30.2 Å². The van der Waals surface area contributed by atoms with Gasteiger partial charge in [0, 0.05) is 0 Å². The molecule has 158 valence electrons. The van der Waals surface area contributed by atoms with Gasteiger partial charge in [0.15, 0.2) is 17.5 Å². The molecule has 2 aromatic heterocycles. The number of nitriles is 1. The molecule has 1 saturated heterocycles. The number of anilines is 1. The lowest BCUT2D eigenvalue weighted by atomic mass is 10.0. The Bertz CT molecular complexity index is 1050. The molecule has 5 atom stereocenters. The molecule has 11 nitrogen and oxygen atoms in total. The van der Waals surface area contributed by atoms with Gasteiger partial charge in [-0.25, -0.2) is 14.3 Å². The lowest BCUT2D eigenvalue weighted by Gasteiger charge is -2.22. The third-order valence-corrected chi connectivity index (χ3v) is 6.43. The average Bonchev–Trinajstić information content (AvgIpc) is 3.25. The van der Waals surface area contributed by atoms with Crippen LogP contribution in [0.4, 0.5) is 10.6 Å². The molecule has 1 unspecified atom stereocenters. The molecule has 0 aromatic carbocycles. The van der Waals surface area contributed by atoms with Crippen molar-refractivity contribution in [1.82, 2.24) is 14.6 Å². The minimum atomic E-state index is -2.08. The Labute approximate surface area is 171 Å². The zero-order valence-corrected chi connectivity index (χ0v) is 16.0. The highest BCUT2D eigenvalue weighted by atomic mass is 16.8. The summed E-state index contributed by atoms with van der Waals surface area (Å²) in [7, 11) is 0. The fraction of sp³-hybridized carbons (Fsp3) is 0.579.